The summed E-state index contributed by atoms with van der Waals surface area (Å²) in [7, 11) is 0. The maximum Gasteiger partial charge on any atom is 0.272 e. The van der Waals surface area contributed by atoms with Gasteiger partial charge in [0.15, 0.2) is 0 Å². The van der Waals surface area contributed by atoms with Gasteiger partial charge in [-0.3, -0.25) is 9.59 Å². The van der Waals surface area contributed by atoms with Crippen LogP contribution in [-0.2, 0) is 16.0 Å². The Kier molecular flexibility index (Phi) is 5.25. The summed E-state index contributed by atoms with van der Waals surface area (Å²) in [6, 6.07) is 7.25. The van der Waals surface area contributed by atoms with E-state index in [1.807, 2.05) is 23.1 Å². The quantitative estimate of drug-likeness (QED) is 0.909. The lowest BCUT2D eigenvalue weighted by Crippen LogP contribution is -2.44. The molecule has 1 aromatic heterocycles. The highest BCUT2D eigenvalue weighted by Crippen LogP contribution is 2.17. The molecule has 6 nitrogen and oxygen atoms in total. The molecule has 1 aliphatic rings. The molecule has 2 heterocycles. The van der Waals surface area contributed by atoms with E-state index < -0.39 is 0 Å². The summed E-state index contributed by atoms with van der Waals surface area (Å²) >= 11 is 0. The van der Waals surface area contributed by atoms with E-state index in [2.05, 4.69) is 17.1 Å². The van der Waals surface area contributed by atoms with Gasteiger partial charge in [0.1, 0.15) is 0 Å². The van der Waals surface area contributed by atoms with Gasteiger partial charge in [-0.2, -0.15) is 5.10 Å². The molecule has 1 aromatic carbocycles. The number of carbonyl (C=O) groups excluding carboxylic acids is 1. The van der Waals surface area contributed by atoms with Crippen molar-refractivity contribution in [3.63, 3.8) is 0 Å². The summed E-state index contributed by atoms with van der Waals surface area (Å²) < 4.78 is 5.79. The fourth-order valence-corrected chi connectivity index (χ4v) is 3.15. The van der Waals surface area contributed by atoms with E-state index in [0.29, 0.717) is 17.6 Å². The van der Waals surface area contributed by atoms with Gasteiger partial charge in [-0.1, -0.05) is 25.1 Å². The average Bonchev–Trinajstić information content (AvgIpc) is 2.63. The third kappa shape index (κ3) is 3.64. The van der Waals surface area contributed by atoms with Crippen LogP contribution in [0, 0.1) is 0 Å². The van der Waals surface area contributed by atoms with Crippen LogP contribution in [0.3, 0.4) is 0 Å². The molecule has 1 aliphatic heterocycles. The van der Waals surface area contributed by atoms with E-state index >= 15 is 0 Å². The minimum atomic E-state index is -0.229. The van der Waals surface area contributed by atoms with Gasteiger partial charge < -0.3 is 9.64 Å². The van der Waals surface area contributed by atoms with Crippen molar-refractivity contribution in [3.05, 3.63) is 40.3 Å². The highest BCUT2D eigenvalue weighted by Gasteiger charge is 2.24. The Morgan fingerprint density at radius 3 is 2.96 bits per heavy atom. The first-order valence-corrected chi connectivity index (χ1v) is 8.54. The van der Waals surface area contributed by atoms with Crippen LogP contribution < -0.4 is 5.56 Å². The molecule has 0 spiro atoms. The number of ether oxygens (including phenoxy) is 1. The van der Waals surface area contributed by atoms with Crippen molar-refractivity contribution in [3.8, 4) is 0 Å². The summed E-state index contributed by atoms with van der Waals surface area (Å²) in [5, 5.41) is 7.89. The molecule has 0 bridgehead atoms. The van der Waals surface area contributed by atoms with E-state index in [4.69, 9.17) is 4.74 Å². The van der Waals surface area contributed by atoms with Crippen LogP contribution in [0.5, 0.6) is 0 Å². The molecule has 0 saturated carbocycles. The maximum absolute atomic E-state index is 12.7. The van der Waals surface area contributed by atoms with Crippen LogP contribution in [0.2, 0.25) is 0 Å². The molecule has 1 fully saturated rings. The second-order valence-electron chi connectivity index (χ2n) is 6.20. The second-order valence-corrected chi connectivity index (χ2v) is 6.20. The third-order valence-electron chi connectivity index (χ3n) is 4.38. The SMILES string of the molecule is CCCO[C@H]1CCCN(C(=O)Cc2n[nH]c(=O)c3ccccc23)C1. The molecule has 0 radical (unpaired) electrons. The molecular formula is C18H23N3O3. The predicted octanol–water partition coefficient (Wildman–Crippen LogP) is 1.88. The molecule has 0 aliphatic carbocycles. The Balaban J connectivity index is 1.73. The topological polar surface area (TPSA) is 75.3 Å². The smallest absolute Gasteiger partial charge is 0.272 e. The number of rotatable bonds is 5. The third-order valence-corrected chi connectivity index (χ3v) is 4.38. The first kappa shape index (κ1) is 16.6. The Labute approximate surface area is 140 Å². The van der Waals surface area contributed by atoms with Crippen molar-refractivity contribution in [2.75, 3.05) is 19.7 Å². The van der Waals surface area contributed by atoms with Crippen molar-refractivity contribution in [2.45, 2.75) is 38.7 Å². The van der Waals surface area contributed by atoms with E-state index in [-0.39, 0.29) is 24.0 Å². The molecule has 2 aromatic rings. The number of amides is 1. The number of H-pyrrole nitrogens is 1. The minimum absolute atomic E-state index is 0.0319. The van der Waals surface area contributed by atoms with Gasteiger partial charge in [-0.05, 0) is 25.3 Å². The van der Waals surface area contributed by atoms with Gasteiger partial charge in [0.05, 0.1) is 23.6 Å². The number of piperidine rings is 1. The molecule has 24 heavy (non-hydrogen) atoms. The number of hydrogen-bond donors (Lipinski definition) is 1. The number of hydrogen-bond acceptors (Lipinski definition) is 4. The Morgan fingerprint density at radius 2 is 2.17 bits per heavy atom. The van der Waals surface area contributed by atoms with Crippen molar-refractivity contribution in [2.24, 2.45) is 0 Å². The molecule has 0 unspecified atom stereocenters. The van der Waals surface area contributed by atoms with Crippen LogP contribution >= 0.6 is 0 Å². The van der Waals surface area contributed by atoms with E-state index in [0.717, 1.165) is 37.8 Å². The van der Waals surface area contributed by atoms with E-state index in [1.165, 1.54) is 0 Å². The van der Waals surface area contributed by atoms with Gasteiger partial charge in [0, 0.05) is 25.1 Å². The first-order chi connectivity index (χ1) is 11.7. The maximum atomic E-state index is 12.7. The number of aromatic nitrogens is 2. The molecule has 128 valence electrons. The monoisotopic (exact) mass is 329 g/mol. The molecule has 1 atom stereocenters. The average molecular weight is 329 g/mol. The number of aromatic amines is 1. The van der Waals surface area contributed by atoms with Gasteiger partial charge in [-0.25, -0.2) is 5.10 Å². The molecular weight excluding hydrogens is 306 g/mol. The van der Waals surface area contributed by atoms with Crippen LogP contribution in [-0.4, -0.2) is 46.8 Å². The summed E-state index contributed by atoms with van der Waals surface area (Å²) in [6.07, 6.45) is 3.27. The van der Waals surface area contributed by atoms with Crippen molar-refractivity contribution in [1.82, 2.24) is 15.1 Å². The minimum Gasteiger partial charge on any atom is -0.376 e. The van der Waals surface area contributed by atoms with Crippen LogP contribution in [0.1, 0.15) is 31.9 Å². The lowest BCUT2D eigenvalue weighted by molar-refractivity contribution is -0.134. The van der Waals surface area contributed by atoms with Crippen LogP contribution in [0.4, 0.5) is 0 Å². The number of carbonyl (C=O) groups is 1. The molecule has 3 rings (SSSR count). The second kappa shape index (κ2) is 7.57. The normalized spacial score (nSPS) is 18.0. The number of likely N-dealkylation sites (tertiary alicyclic amines) is 1. The zero-order valence-corrected chi connectivity index (χ0v) is 14.0. The molecule has 1 saturated heterocycles. The van der Waals surface area contributed by atoms with Gasteiger partial charge in [0.25, 0.3) is 5.56 Å². The standard InChI is InChI=1S/C18H23N3O3/c1-2-10-24-13-6-5-9-21(12-13)17(22)11-16-14-7-3-4-8-15(14)18(23)20-19-16/h3-4,7-8,13H,2,5-6,9-12H2,1H3,(H,20,23)/t13-/m0/s1. The summed E-state index contributed by atoms with van der Waals surface area (Å²) in [6.45, 7) is 4.21. The fraction of sp³-hybridized carbons (Fsp3) is 0.500. The van der Waals surface area contributed by atoms with Crippen LogP contribution in [0.25, 0.3) is 10.8 Å². The van der Waals surface area contributed by atoms with E-state index in [1.54, 1.807) is 6.07 Å². The zero-order chi connectivity index (χ0) is 16.9. The van der Waals surface area contributed by atoms with Crippen LogP contribution in [0.15, 0.2) is 29.1 Å². The lowest BCUT2D eigenvalue weighted by Gasteiger charge is -2.32. The largest absolute Gasteiger partial charge is 0.376 e. The zero-order valence-electron chi connectivity index (χ0n) is 14.0. The molecule has 1 amide bonds. The Morgan fingerprint density at radius 1 is 1.38 bits per heavy atom. The number of fused-ring (bicyclic) bond motifs is 1. The van der Waals surface area contributed by atoms with E-state index in [9.17, 15) is 9.59 Å². The highest BCUT2D eigenvalue weighted by molar-refractivity contribution is 5.88. The first-order valence-electron chi connectivity index (χ1n) is 8.54. The Bertz CT molecular complexity index is 771. The lowest BCUT2D eigenvalue weighted by atomic mass is 10.1. The Hall–Kier alpha value is -2.21. The number of nitrogens with zero attached hydrogens (tertiary/aromatic N) is 2. The summed E-state index contributed by atoms with van der Waals surface area (Å²) in [5.41, 5.74) is 0.389. The molecule has 6 heteroatoms. The molecule has 1 N–H and O–H groups in total. The number of benzene rings is 1. The van der Waals surface area contributed by atoms with Gasteiger partial charge in [0.2, 0.25) is 5.91 Å². The predicted molar refractivity (Wildman–Crippen MR) is 91.9 cm³/mol. The number of nitrogens with one attached hydrogen (secondary N) is 1. The van der Waals surface area contributed by atoms with Gasteiger partial charge in [-0.15, -0.1) is 0 Å². The highest BCUT2D eigenvalue weighted by atomic mass is 16.5. The van der Waals surface area contributed by atoms with Crippen molar-refractivity contribution < 1.29 is 9.53 Å². The fourth-order valence-electron chi connectivity index (χ4n) is 3.15. The summed E-state index contributed by atoms with van der Waals surface area (Å²) in [4.78, 5) is 26.3. The van der Waals surface area contributed by atoms with Crippen molar-refractivity contribution in [1.29, 1.82) is 0 Å². The summed E-state index contributed by atoms with van der Waals surface area (Å²) in [5.74, 6) is 0.0319. The van der Waals surface area contributed by atoms with Gasteiger partial charge >= 0.3 is 0 Å². The van der Waals surface area contributed by atoms with Crippen molar-refractivity contribution >= 4 is 16.7 Å².